The Labute approximate surface area is 157 Å². The van der Waals surface area contributed by atoms with Gasteiger partial charge in [-0.05, 0) is 57.4 Å². The number of aryl methyl sites for hydroxylation is 4. The van der Waals surface area contributed by atoms with E-state index in [-0.39, 0.29) is 5.56 Å². The van der Waals surface area contributed by atoms with Crippen molar-refractivity contribution in [3.63, 3.8) is 0 Å². The molecule has 0 spiro atoms. The van der Waals surface area contributed by atoms with Crippen LogP contribution in [-0.2, 0) is 7.05 Å². The molecule has 3 aromatic rings. The Morgan fingerprint density at radius 3 is 2.52 bits per heavy atom. The van der Waals surface area contributed by atoms with E-state index in [1.165, 1.54) is 11.7 Å². The first-order valence-electron chi connectivity index (χ1n) is 8.68. The monoisotopic (exact) mass is 365 g/mol. The van der Waals surface area contributed by atoms with E-state index in [0.29, 0.717) is 16.9 Å². The Morgan fingerprint density at radius 2 is 1.81 bits per heavy atom. The van der Waals surface area contributed by atoms with E-state index >= 15 is 0 Å². The molecule has 1 N–H and O–H groups in total. The number of carbonyl (C=O) groups is 1. The maximum atomic E-state index is 12.8. The van der Waals surface area contributed by atoms with E-state index in [1.807, 2.05) is 39.0 Å². The third kappa shape index (κ3) is 3.28. The minimum Gasteiger partial charge on any atom is -0.319 e. The molecule has 0 radical (unpaired) electrons. The number of nitrogens with one attached hydrogen (secondary N) is 1. The average Bonchev–Trinajstić information content (AvgIpc) is 2.96. The number of hydrogen-bond donors (Lipinski definition) is 1. The molecule has 1 amide bonds. The van der Waals surface area contributed by atoms with Crippen LogP contribution in [0, 0.1) is 34.6 Å². The predicted molar refractivity (Wildman–Crippen MR) is 105 cm³/mol. The van der Waals surface area contributed by atoms with Crippen molar-refractivity contribution >= 4 is 11.6 Å². The summed E-state index contributed by atoms with van der Waals surface area (Å²) in [6, 6.07) is 6.13. The lowest BCUT2D eigenvalue weighted by molar-refractivity contribution is 0.102. The maximum Gasteiger partial charge on any atom is 0.279 e. The number of carbonyl (C=O) groups excluding carboxylic acids is 1. The van der Waals surface area contributed by atoms with Gasteiger partial charge < -0.3 is 5.32 Å². The second-order valence-electron chi connectivity index (χ2n) is 6.81. The van der Waals surface area contributed by atoms with Gasteiger partial charge in [0.1, 0.15) is 5.56 Å². The van der Waals surface area contributed by atoms with Gasteiger partial charge in [-0.1, -0.05) is 12.1 Å². The van der Waals surface area contributed by atoms with Gasteiger partial charge in [-0.3, -0.25) is 9.59 Å². The molecule has 140 valence electrons. The van der Waals surface area contributed by atoms with Crippen molar-refractivity contribution in [1.29, 1.82) is 0 Å². The van der Waals surface area contributed by atoms with Crippen LogP contribution >= 0.6 is 0 Å². The van der Waals surface area contributed by atoms with Crippen molar-refractivity contribution in [3.05, 3.63) is 68.4 Å². The molecule has 2 aromatic heterocycles. The average molecular weight is 365 g/mol. The number of hydrogen-bond acceptors (Lipinski definition) is 4. The standard InChI is InChI=1S/C20H23N5O2/c1-11-7-8-12(2)17(9-11)25-15(5)16(10-21-25)22-19(26)18-13(3)14(4)23-24(6)20(18)27/h7-10H,1-6H3,(H,22,26). The van der Waals surface area contributed by atoms with Gasteiger partial charge in [0.25, 0.3) is 11.5 Å². The number of rotatable bonds is 3. The molecule has 0 aliphatic rings. The molecule has 7 heteroatoms. The molecular formula is C20H23N5O2. The molecule has 0 aliphatic heterocycles. The van der Waals surface area contributed by atoms with Crippen LogP contribution in [0.5, 0.6) is 0 Å². The lowest BCUT2D eigenvalue weighted by Gasteiger charge is -2.11. The molecular weight excluding hydrogens is 342 g/mol. The van der Waals surface area contributed by atoms with E-state index in [9.17, 15) is 9.59 Å². The molecule has 7 nitrogen and oxygen atoms in total. The van der Waals surface area contributed by atoms with Gasteiger partial charge in [0.2, 0.25) is 0 Å². The SMILES string of the molecule is Cc1ccc(C)c(-n2ncc(NC(=O)c3c(C)c(C)nn(C)c3=O)c2C)c1. The van der Waals surface area contributed by atoms with Crippen LogP contribution < -0.4 is 10.9 Å². The first kappa shape index (κ1) is 18.6. The smallest absolute Gasteiger partial charge is 0.279 e. The van der Waals surface area contributed by atoms with Crippen molar-refractivity contribution in [3.8, 4) is 5.69 Å². The molecule has 0 saturated carbocycles. The zero-order valence-electron chi connectivity index (χ0n) is 16.4. The summed E-state index contributed by atoms with van der Waals surface area (Å²) in [6.45, 7) is 9.42. The van der Waals surface area contributed by atoms with E-state index in [4.69, 9.17) is 0 Å². The topological polar surface area (TPSA) is 81.8 Å². The van der Waals surface area contributed by atoms with Crippen LogP contribution in [0.3, 0.4) is 0 Å². The highest BCUT2D eigenvalue weighted by molar-refractivity contribution is 6.05. The van der Waals surface area contributed by atoms with E-state index in [2.05, 4.69) is 15.5 Å². The van der Waals surface area contributed by atoms with Gasteiger partial charge in [0, 0.05) is 7.05 Å². The highest BCUT2D eigenvalue weighted by Gasteiger charge is 2.20. The number of anilines is 1. The van der Waals surface area contributed by atoms with Gasteiger partial charge in [-0.15, -0.1) is 0 Å². The highest BCUT2D eigenvalue weighted by atomic mass is 16.2. The zero-order valence-corrected chi connectivity index (χ0v) is 16.4. The molecule has 0 fully saturated rings. The van der Waals surface area contributed by atoms with Crippen LogP contribution in [0.4, 0.5) is 5.69 Å². The minimum atomic E-state index is -0.456. The Hall–Kier alpha value is -3.22. The summed E-state index contributed by atoms with van der Waals surface area (Å²) in [5, 5.41) is 11.4. The Bertz CT molecular complexity index is 1110. The maximum absolute atomic E-state index is 12.8. The summed E-state index contributed by atoms with van der Waals surface area (Å²) in [7, 11) is 1.54. The van der Waals surface area contributed by atoms with Gasteiger partial charge in [-0.25, -0.2) is 9.36 Å². The van der Waals surface area contributed by atoms with Crippen LogP contribution in [0.1, 0.15) is 38.4 Å². The van der Waals surface area contributed by atoms with Crippen LogP contribution in [0.2, 0.25) is 0 Å². The third-order valence-electron chi connectivity index (χ3n) is 4.80. The molecule has 0 saturated heterocycles. The molecule has 0 aliphatic carbocycles. The summed E-state index contributed by atoms with van der Waals surface area (Å²) in [6.07, 6.45) is 1.60. The van der Waals surface area contributed by atoms with Gasteiger partial charge in [-0.2, -0.15) is 10.2 Å². The quantitative estimate of drug-likeness (QED) is 0.774. The zero-order chi connectivity index (χ0) is 19.9. The van der Waals surface area contributed by atoms with Crippen molar-refractivity contribution in [2.75, 3.05) is 5.32 Å². The van der Waals surface area contributed by atoms with E-state index in [1.54, 1.807) is 24.7 Å². The Morgan fingerprint density at radius 1 is 1.11 bits per heavy atom. The fourth-order valence-electron chi connectivity index (χ4n) is 3.02. The van der Waals surface area contributed by atoms with Crippen molar-refractivity contribution < 1.29 is 4.79 Å². The number of aromatic nitrogens is 4. The Balaban J connectivity index is 1.99. The summed E-state index contributed by atoms with van der Waals surface area (Å²) in [5.41, 5.74) is 5.43. The number of nitrogens with zero attached hydrogens (tertiary/aromatic N) is 4. The first-order chi connectivity index (χ1) is 12.7. The van der Waals surface area contributed by atoms with Crippen molar-refractivity contribution in [2.24, 2.45) is 7.05 Å². The lowest BCUT2D eigenvalue weighted by atomic mass is 10.1. The van der Waals surface area contributed by atoms with Crippen LogP contribution in [0.25, 0.3) is 5.69 Å². The normalized spacial score (nSPS) is 10.9. The second kappa shape index (κ2) is 6.83. The fraction of sp³-hybridized carbons (Fsp3) is 0.300. The summed E-state index contributed by atoms with van der Waals surface area (Å²) in [5.74, 6) is -0.456. The van der Waals surface area contributed by atoms with Gasteiger partial charge in [0.15, 0.2) is 0 Å². The van der Waals surface area contributed by atoms with Gasteiger partial charge >= 0.3 is 0 Å². The number of amides is 1. The van der Waals surface area contributed by atoms with Crippen molar-refractivity contribution in [2.45, 2.75) is 34.6 Å². The summed E-state index contributed by atoms with van der Waals surface area (Å²) >= 11 is 0. The summed E-state index contributed by atoms with van der Waals surface area (Å²) in [4.78, 5) is 25.2. The van der Waals surface area contributed by atoms with E-state index in [0.717, 1.165) is 22.5 Å². The summed E-state index contributed by atoms with van der Waals surface area (Å²) < 4.78 is 2.98. The molecule has 0 atom stereocenters. The third-order valence-corrected chi connectivity index (χ3v) is 4.80. The van der Waals surface area contributed by atoms with Crippen LogP contribution in [0.15, 0.2) is 29.2 Å². The van der Waals surface area contributed by atoms with Crippen molar-refractivity contribution in [1.82, 2.24) is 19.6 Å². The molecule has 0 bridgehead atoms. The largest absolute Gasteiger partial charge is 0.319 e. The molecule has 3 rings (SSSR count). The first-order valence-corrected chi connectivity index (χ1v) is 8.68. The minimum absolute atomic E-state index is 0.101. The Kier molecular flexibility index (Phi) is 4.70. The molecule has 0 unspecified atom stereocenters. The molecule has 2 heterocycles. The predicted octanol–water partition coefficient (Wildman–Crippen LogP) is 2.76. The molecule has 1 aromatic carbocycles. The van der Waals surface area contributed by atoms with Crippen LogP contribution in [-0.4, -0.2) is 25.5 Å². The van der Waals surface area contributed by atoms with Gasteiger partial charge in [0.05, 0.1) is 29.0 Å². The molecule has 27 heavy (non-hydrogen) atoms. The fourth-order valence-corrected chi connectivity index (χ4v) is 3.02. The van der Waals surface area contributed by atoms with E-state index < -0.39 is 11.5 Å². The number of benzene rings is 1. The lowest BCUT2D eigenvalue weighted by Crippen LogP contribution is -2.31. The second-order valence-corrected chi connectivity index (χ2v) is 6.81. The highest BCUT2D eigenvalue weighted by Crippen LogP contribution is 2.22.